The minimum atomic E-state index is -5.01. The molecule has 258 valence electrons. The number of amidine groups is 1. The van der Waals surface area contributed by atoms with Crippen LogP contribution in [0.3, 0.4) is 0 Å². The maximum atomic E-state index is 14.1. The van der Waals surface area contributed by atoms with E-state index >= 15 is 0 Å². The Balaban J connectivity index is 2.35. The number of carbonyl (C=O) groups is 3. The van der Waals surface area contributed by atoms with Crippen molar-refractivity contribution in [3.8, 4) is 5.75 Å². The summed E-state index contributed by atoms with van der Waals surface area (Å²) >= 11 is 0. The molecule has 1 aromatic carbocycles. The first-order valence-electron chi connectivity index (χ1n) is 13.9. The van der Waals surface area contributed by atoms with Crippen LogP contribution in [0, 0.1) is 0 Å². The SMILES string of the molecule is C=C(/C=C\C(=C/C)C(F)(F)CC)CNC(=O)[C@H]1CN(C(=O)CC(N=NN)=NCC=O)CCN1S(=O)(=O)c1ccc(OC(F)(F)F)cc1. The van der Waals surface area contributed by atoms with Crippen molar-refractivity contribution in [1.29, 1.82) is 0 Å². The second-order valence-corrected chi connectivity index (χ2v) is 11.7. The fourth-order valence-electron chi connectivity index (χ4n) is 4.24. The standard InChI is InChI=1S/C28H34F5N7O6S/c1-4-20(27(29,30)5-2)7-6-19(3)17-36-26(43)23-18-39(25(42)16-24(37-38-34)35-12-15-41)13-14-40(23)47(44,45)22-10-8-21(9-11-22)46-28(31,32)33/h4,6-11,15,23H,3,5,12-14,16-18H2,1-2H3,(H,36,43)(H2,34,35,37)/b7-6-,20-4+/t23-/m1/s1. The lowest BCUT2D eigenvalue weighted by atomic mass is 10.0. The number of hydrogen-bond acceptors (Lipinski definition) is 8. The van der Waals surface area contributed by atoms with Gasteiger partial charge in [0.2, 0.25) is 21.8 Å². The van der Waals surface area contributed by atoms with Crippen molar-refractivity contribution in [3.63, 3.8) is 0 Å². The molecule has 0 unspecified atom stereocenters. The Morgan fingerprint density at radius 3 is 2.36 bits per heavy atom. The maximum absolute atomic E-state index is 14.1. The highest BCUT2D eigenvalue weighted by atomic mass is 32.2. The summed E-state index contributed by atoms with van der Waals surface area (Å²) in [4.78, 5) is 41.6. The second-order valence-electron chi connectivity index (χ2n) is 9.82. The van der Waals surface area contributed by atoms with Gasteiger partial charge in [-0.25, -0.2) is 17.2 Å². The highest BCUT2D eigenvalue weighted by molar-refractivity contribution is 7.89. The van der Waals surface area contributed by atoms with Gasteiger partial charge in [0.1, 0.15) is 18.1 Å². The van der Waals surface area contributed by atoms with Crippen molar-refractivity contribution in [1.82, 2.24) is 14.5 Å². The lowest BCUT2D eigenvalue weighted by Gasteiger charge is -2.39. The van der Waals surface area contributed by atoms with E-state index in [9.17, 15) is 44.8 Å². The van der Waals surface area contributed by atoms with Gasteiger partial charge in [0, 0.05) is 38.2 Å². The molecule has 1 aliphatic rings. The summed E-state index contributed by atoms with van der Waals surface area (Å²) in [5, 5.41) is 9.03. The molecule has 0 radical (unpaired) electrons. The summed E-state index contributed by atoms with van der Waals surface area (Å²) in [6.07, 6.45) is -1.87. The number of piperazine rings is 1. The molecule has 47 heavy (non-hydrogen) atoms. The van der Waals surface area contributed by atoms with Crippen LogP contribution in [0.2, 0.25) is 0 Å². The summed E-state index contributed by atoms with van der Waals surface area (Å²) in [6.45, 7) is 4.74. The Morgan fingerprint density at radius 1 is 1.15 bits per heavy atom. The van der Waals surface area contributed by atoms with Gasteiger partial charge in [0.05, 0.1) is 17.9 Å². The molecule has 0 saturated carbocycles. The lowest BCUT2D eigenvalue weighted by Crippen LogP contribution is -2.61. The van der Waals surface area contributed by atoms with Crippen LogP contribution in [0.1, 0.15) is 26.7 Å². The van der Waals surface area contributed by atoms with Crippen LogP contribution in [-0.2, 0) is 24.4 Å². The van der Waals surface area contributed by atoms with Crippen molar-refractivity contribution in [2.45, 2.75) is 49.9 Å². The van der Waals surface area contributed by atoms with Gasteiger partial charge in [-0.2, -0.15) is 4.31 Å². The predicted octanol–water partition coefficient (Wildman–Crippen LogP) is 3.32. The number of hydrogen-bond donors (Lipinski definition) is 2. The molecule has 3 N–H and O–H groups in total. The summed E-state index contributed by atoms with van der Waals surface area (Å²) in [5.41, 5.74) is -0.0887. The van der Waals surface area contributed by atoms with Crippen LogP contribution in [0.25, 0.3) is 0 Å². The number of nitrogens with one attached hydrogen (secondary N) is 1. The minimum absolute atomic E-state index is 0.186. The van der Waals surface area contributed by atoms with Gasteiger partial charge in [-0.05, 0) is 36.8 Å². The zero-order chi connectivity index (χ0) is 35.4. The number of allylic oxidation sites excluding steroid dienone is 3. The van der Waals surface area contributed by atoms with E-state index in [1.807, 2.05) is 0 Å². The van der Waals surface area contributed by atoms with Crippen LogP contribution in [0.15, 0.2) is 80.4 Å². The van der Waals surface area contributed by atoms with Crippen molar-refractivity contribution in [2.75, 3.05) is 32.7 Å². The number of ether oxygens (including phenoxy) is 1. The molecule has 19 heteroatoms. The van der Waals surface area contributed by atoms with E-state index in [0.29, 0.717) is 6.29 Å². The predicted molar refractivity (Wildman–Crippen MR) is 160 cm³/mol. The van der Waals surface area contributed by atoms with Crippen molar-refractivity contribution in [3.05, 3.63) is 60.2 Å². The summed E-state index contributed by atoms with van der Waals surface area (Å²) < 4.78 is 97.7. The Hall–Kier alpha value is -4.52. The molecule has 0 bridgehead atoms. The molecule has 1 heterocycles. The van der Waals surface area contributed by atoms with E-state index < -0.39 is 76.7 Å². The van der Waals surface area contributed by atoms with E-state index in [-0.39, 0.29) is 36.6 Å². The van der Waals surface area contributed by atoms with Crippen molar-refractivity contribution < 1.29 is 49.5 Å². The zero-order valence-electron chi connectivity index (χ0n) is 25.4. The number of carbonyl (C=O) groups excluding carboxylic acids is 3. The Bertz CT molecular complexity index is 1530. The number of nitrogens with two attached hydrogens (primary N) is 1. The minimum Gasteiger partial charge on any atom is -0.406 e. The molecule has 1 atom stereocenters. The van der Waals surface area contributed by atoms with Crippen LogP contribution in [0.4, 0.5) is 22.0 Å². The van der Waals surface area contributed by atoms with Crippen molar-refractivity contribution >= 4 is 34.0 Å². The average Bonchev–Trinajstić information content (AvgIpc) is 3.01. The summed E-state index contributed by atoms with van der Waals surface area (Å²) in [6, 6.07) is 1.77. The number of alkyl halides is 5. The number of halogens is 5. The van der Waals surface area contributed by atoms with Crippen LogP contribution >= 0.6 is 0 Å². The maximum Gasteiger partial charge on any atom is 0.573 e. The summed E-state index contributed by atoms with van der Waals surface area (Å²) in [5.74, 6) is -0.480. The molecule has 1 fully saturated rings. The fourth-order valence-corrected chi connectivity index (χ4v) is 5.81. The molecule has 1 aromatic rings. The number of aldehydes is 1. The fraction of sp³-hybridized carbons (Fsp3) is 0.429. The van der Waals surface area contributed by atoms with Crippen LogP contribution in [0.5, 0.6) is 5.75 Å². The van der Waals surface area contributed by atoms with E-state index in [0.717, 1.165) is 39.5 Å². The number of aliphatic imine (C=N–C) groups is 1. The van der Waals surface area contributed by atoms with Gasteiger partial charge in [-0.1, -0.05) is 37.0 Å². The first-order valence-corrected chi connectivity index (χ1v) is 15.3. The average molecular weight is 692 g/mol. The second kappa shape index (κ2) is 16.9. The Morgan fingerprint density at radius 2 is 1.81 bits per heavy atom. The zero-order valence-corrected chi connectivity index (χ0v) is 26.2. The normalized spacial score (nSPS) is 17.3. The molecular weight excluding hydrogens is 657 g/mol. The lowest BCUT2D eigenvalue weighted by molar-refractivity contribution is -0.274. The molecule has 0 spiro atoms. The third-order valence-corrected chi connectivity index (χ3v) is 8.57. The molecule has 0 aromatic heterocycles. The third kappa shape index (κ3) is 11.3. The van der Waals surface area contributed by atoms with E-state index in [2.05, 4.69) is 32.0 Å². The molecule has 2 rings (SSSR count). The monoisotopic (exact) mass is 691 g/mol. The molecular formula is C28H34F5N7O6S. The van der Waals surface area contributed by atoms with Gasteiger partial charge >= 0.3 is 6.36 Å². The van der Waals surface area contributed by atoms with E-state index in [1.165, 1.54) is 26.0 Å². The van der Waals surface area contributed by atoms with Gasteiger partial charge in [0.15, 0.2) is 5.84 Å². The van der Waals surface area contributed by atoms with E-state index in [4.69, 9.17) is 5.84 Å². The van der Waals surface area contributed by atoms with Crippen molar-refractivity contribution in [2.24, 2.45) is 21.2 Å². The first-order chi connectivity index (χ1) is 22.0. The number of amides is 2. The largest absolute Gasteiger partial charge is 0.573 e. The van der Waals surface area contributed by atoms with E-state index in [1.54, 1.807) is 0 Å². The highest BCUT2D eigenvalue weighted by Gasteiger charge is 2.41. The van der Waals surface area contributed by atoms with Gasteiger partial charge in [-0.3, -0.25) is 14.6 Å². The summed E-state index contributed by atoms with van der Waals surface area (Å²) in [7, 11) is -4.53. The molecule has 13 nitrogen and oxygen atoms in total. The van der Waals surface area contributed by atoms with Gasteiger partial charge in [-0.15, -0.1) is 18.3 Å². The van der Waals surface area contributed by atoms with Gasteiger partial charge in [0.25, 0.3) is 5.92 Å². The number of sulfonamides is 1. The van der Waals surface area contributed by atoms with Crippen LogP contribution < -0.4 is 15.9 Å². The third-order valence-electron chi connectivity index (χ3n) is 6.65. The number of benzene rings is 1. The topological polar surface area (TPSA) is 176 Å². The highest BCUT2D eigenvalue weighted by Crippen LogP contribution is 2.29. The molecule has 1 saturated heterocycles. The quantitative estimate of drug-likeness (QED) is 0.0440. The molecule has 0 aliphatic carbocycles. The first kappa shape index (κ1) is 38.7. The smallest absolute Gasteiger partial charge is 0.406 e. The Labute approximate surface area is 267 Å². The van der Waals surface area contributed by atoms with Gasteiger partial charge < -0.3 is 25.6 Å². The molecule has 1 aliphatic heterocycles. The number of nitrogens with zero attached hydrogens (tertiary/aromatic N) is 5. The van der Waals surface area contributed by atoms with Crippen LogP contribution in [-0.4, -0.2) is 92.6 Å². The Kier molecular flexibility index (Phi) is 13.9. The number of rotatable bonds is 14. The molecule has 2 amide bonds.